The molecule has 7 heteroatoms. The van der Waals surface area contributed by atoms with E-state index in [1.54, 1.807) is 0 Å². The summed E-state index contributed by atoms with van der Waals surface area (Å²) in [5, 5.41) is 11.4. The Labute approximate surface area is 116 Å². The highest BCUT2D eigenvalue weighted by atomic mass is 35.5. The van der Waals surface area contributed by atoms with Gasteiger partial charge in [-0.05, 0) is 26.2 Å². The predicted molar refractivity (Wildman–Crippen MR) is 74.5 cm³/mol. The van der Waals surface area contributed by atoms with Crippen LogP contribution in [-0.4, -0.2) is 28.5 Å². The number of nitrogens with zero attached hydrogens (tertiary/aromatic N) is 3. The fourth-order valence-corrected chi connectivity index (χ4v) is 2.70. The largest absolute Gasteiger partial charge is 0.346 e. The van der Waals surface area contributed by atoms with E-state index in [-0.39, 0.29) is 22.8 Å². The van der Waals surface area contributed by atoms with Gasteiger partial charge in [0.25, 0.3) is 0 Å². The molecule has 0 saturated carbocycles. The third-order valence-corrected chi connectivity index (χ3v) is 3.65. The number of pyridine rings is 1. The van der Waals surface area contributed by atoms with Crippen LogP contribution in [0.4, 0.5) is 11.5 Å². The number of halogens is 1. The minimum atomic E-state index is -0.443. The molecule has 0 spiro atoms. The SMILES string of the molecule is CC(N)C1CCCCN1c1ncc(Cl)cc1[N+](=O)[O-]. The number of piperidine rings is 1. The molecular weight excluding hydrogens is 268 g/mol. The van der Waals surface area contributed by atoms with E-state index in [1.165, 1.54) is 12.3 Å². The summed E-state index contributed by atoms with van der Waals surface area (Å²) in [5.74, 6) is 0.372. The quantitative estimate of drug-likeness (QED) is 0.680. The van der Waals surface area contributed by atoms with E-state index < -0.39 is 4.92 Å². The van der Waals surface area contributed by atoms with Crippen molar-refractivity contribution >= 4 is 23.1 Å². The van der Waals surface area contributed by atoms with Gasteiger partial charge in [-0.3, -0.25) is 10.1 Å². The Morgan fingerprint density at radius 3 is 3.00 bits per heavy atom. The van der Waals surface area contributed by atoms with Gasteiger partial charge in [-0.15, -0.1) is 0 Å². The molecule has 2 unspecified atom stereocenters. The molecule has 0 bridgehead atoms. The van der Waals surface area contributed by atoms with Crippen LogP contribution in [0.15, 0.2) is 12.3 Å². The second-order valence-corrected chi connectivity index (χ2v) is 5.31. The van der Waals surface area contributed by atoms with Crippen molar-refractivity contribution < 1.29 is 4.92 Å². The van der Waals surface area contributed by atoms with Crippen LogP contribution in [-0.2, 0) is 0 Å². The smallest absolute Gasteiger partial charge is 0.313 e. The van der Waals surface area contributed by atoms with E-state index in [0.717, 1.165) is 25.8 Å². The van der Waals surface area contributed by atoms with Gasteiger partial charge in [0.05, 0.1) is 9.95 Å². The van der Waals surface area contributed by atoms with E-state index in [1.807, 2.05) is 11.8 Å². The molecule has 19 heavy (non-hydrogen) atoms. The summed E-state index contributed by atoms with van der Waals surface area (Å²) < 4.78 is 0. The first kappa shape index (κ1) is 14.0. The van der Waals surface area contributed by atoms with Crippen LogP contribution in [0.2, 0.25) is 5.02 Å². The van der Waals surface area contributed by atoms with E-state index in [0.29, 0.717) is 5.82 Å². The fraction of sp³-hybridized carbons (Fsp3) is 0.583. The van der Waals surface area contributed by atoms with Crippen molar-refractivity contribution in [3.8, 4) is 0 Å². The summed E-state index contributed by atoms with van der Waals surface area (Å²) in [5.41, 5.74) is 5.93. The highest BCUT2D eigenvalue weighted by Crippen LogP contribution is 2.33. The van der Waals surface area contributed by atoms with Crippen LogP contribution in [0.25, 0.3) is 0 Å². The van der Waals surface area contributed by atoms with Gasteiger partial charge in [0.2, 0.25) is 5.82 Å². The van der Waals surface area contributed by atoms with Crippen LogP contribution >= 0.6 is 11.6 Å². The topological polar surface area (TPSA) is 85.3 Å². The van der Waals surface area contributed by atoms with Gasteiger partial charge in [0.1, 0.15) is 0 Å². The zero-order chi connectivity index (χ0) is 14.0. The molecule has 0 aromatic carbocycles. The highest BCUT2D eigenvalue weighted by Gasteiger charge is 2.31. The summed E-state index contributed by atoms with van der Waals surface area (Å²) in [7, 11) is 0. The molecule has 1 aromatic heterocycles. The van der Waals surface area contributed by atoms with Crippen molar-refractivity contribution in [2.45, 2.75) is 38.3 Å². The maximum Gasteiger partial charge on any atom is 0.313 e. The lowest BCUT2D eigenvalue weighted by molar-refractivity contribution is -0.384. The number of hydrogen-bond acceptors (Lipinski definition) is 5. The van der Waals surface area contributed by atoms with Gasteiger partial charge in [0, 0.05) is 30.9 Å². The Morgan fingerprint density at radius 1 is 1.63 bits per heavy atom. The van der Waals surface area contributed by atoms with E-state index >= 15 is 0 Å². The zero-order valence-electron chi connectivity index (χ0n) is 10.8. The number of hydrogen-bond donors (Lipinski definition) is 1. The van der Waals surface area contributed by atoms with Crippen molar-refractivity contribution in [3.63, 3.8) is 0 Å². The van der Waals surface area contributed by atoms with Crippen LogP contribution < -0.4 is 10.6 Å². The number of anilines is 1. The summed E-state index contributed by atoms with van der Waals surface area (Å²) in [6, 6.07) is 1.37. The number of nitro groups is 1. The summed E-state index contributed by atoms with van der Waals surface area (Å²) in [6.45, 7) is 2.66. The van der Waals surface area contributed by atoms with Gasteiger partial charge in [0.15, 0.2) is 0 Å². The van der Waals surface area contributed by atoms with Crippen molar-refractivity contribution in [2.24, 2.45) is 5.73 Å². The standard InChI is InChI=1S/C12H17ClN4O2/c1-8(14)10-4-2-3-5-16(10)12-11(17(18)19)6-9(13)7-15-12/h6-8,10H,2-5,14H2,1H3. The molecule has 2 heterocycles. The Bertz CT molecular complexity index is 481. The zero-order valence-corrected chi connectivity index (χ0v) is 11.5. The maximum atomic E-state index is 11.1. The molecule has 0 aliphatic carbocycles. The molecule has 1 aromatic rings. The highest BCUT2D eigenvalue weighted by molar-refractivity contribution is 6.30. The molecule has 1 aliphatic heterocycles. The molecule has 1 saturated heterocycles. The molecule has 2 atom stereocenters. The Balaban J connectivity index is 2.41. The third-order valence-electron chi connectivity index (χ3n) is 3.44. The van der Waals surface area contributed by atoms with Crippen LogP contribution in [0.5, 0.6) is 0 Å². The lowest BCUT2D eigenvalue weighted by Gasteiger charge is -2.38. The summed E-state index contributed by atoms with van der Waals surface area (Å²) >= 11 is 5.79. The van der Waals surface area contributed by atoms with Crippen molar-refractivity contribution in [2.75, 3.05) is 11.4 Å². The first-order valence-electron chi connectivity index (χ1n) is 6.33. The summed E-state index contributed by atoms with van der Waals surface area (Å²) in [6.07, 6.45) is 4.45. The average molecular weight is 285 g/mol. The first-order chi connectivity index (χ1) is 9.00. The minimum absolute atomic E-state index is 0.0555. The number of rotatable bonds is 3. The molecular formula is C12H17ClN4O2. The fourth-order valence-electron chi connectivity index (χ4n) is 2.54. The van der Waals surface area contributed by atoms with Crippen molar-refractivity contribution in [1.82, 2.24) is 4.98 Å². The molecule has 104 valence electrons. The minimum Gasteiger partial charge on any atom is -0.346 e. The predicted octanol–water partition coefficient (Wildman–Crippen LogP) is 2.35. The monoisotopic (exact) mass is 284 g/mol. The molecule has 2 rings (SSSR count). The Kier molecular flexibility index (Phi) is 4.21. The Morgan fingerprint density at radius 2 is 2.37 bits per heavy atom. The number of nitrogens with two attached hydrogens (primary N) is 1. The molecule has 6 nitrogen and oxygen atoms in total. The van der Waals surface area contributed by atoms with E-state index in [9.17, 15) is 10.1 Å². The van der Waals surface area contributed by atoms with Gasteiger partial charge in [-0.2, -0.15) is 0 Å². The van der Waals surface area contributed by atoms with Crippen molar-refractivity contribution in [3.05, 3.63) is 27.4 Å². The maximum absolute atomic E-state index is 11.1. The second-order valence-electron chi connectivity index (χ2n) is 4.87. The third kappa shape index (κ3) is 2.96. The molecule has 0 radical (unpaired) electrons. The van der Waals surface area contributed by atoms with Gasteiger partial charge >= 0.3 is 5.69 Å². The van der Waals surface area contributed by atoms with Gasteiger partial charge in [-0.25, -0.2) is 4.98 Å². The number of aromatic nitrogens is 1. The van der Waals surface area contributed by atoms with Crippen LogP contribution in [0, 0.1) is 10.1 Å². The average Bonchev–Trinajstić information content (AvgIpc) is 2.38. The van der Waals surface area contributed by atoms with Gasteiger partial charge < -0.3 is 10.6 Å². The lowest BCUT2D eigenvalue weighted by Crippen LogP contribution is -2.49. The lowest BCUT2D eigenvalue weighted by atomic mass is 9.97. The van der Waals surface area contributed by atoms with Crippen LogP contribution in [0.3, 0.4) is 0 Å². The normalized spacial score (nSPS) is 21.2. The molecule has 1 fully saturated rings. The van der Waals surface area contributed by atoms with E-state index in [2.05, 4.69) is 4.98 Å². The summed E-state index contributed by atoms with van der Waals surface area (Å²) in [4.78, 5) is 16.8. The Hall–Kier alpha value is -1.40. The molecule has 2 N–H and O–H groups in total. The second kappa shape index (κ2) is 5.71. The van der Waals surface area contributed by atoms with Crippen LogP contribution in [0.1, 0.15) is 26.2 Å². The van der Waals surface area contributed by atoms with Gasteiger partial charge in [-0.1, -0.05) is 11.6 Å². The van der Waals surface area contributed by atoms with Crippen molar-refractivity contribution in [1.29, 1.82) is 0 Å². The molecule has 0 amide bonds. The first-order valence-corrected chi connectivity index (χ1v) is 6.70. The van der Waals surface area contributed by atoms with E-state index in [4.69, 9.17) is 17.3 Å². The molecule has 1 aliphatic rings.